The molecule has 0 aromatic rings. The van der Waals surface area contributed by atoms with Crippen LogP contribution in [0.25, 0.3) is 0 Å². The highest BCUT2D eigenvalue weighted by Crippen LogP contribution is 2.28. The zero-order chi connectivity index (χ0) is 7.78. The second kappa shape index (κ2) is 2.54. The van der Waals surface area contributed by atoms with E-state index in [4.69, 9.17) is 0 Å². The molecule has 1 aliphatic heterocycles. The van der Waals surface area contributed by atoms with Crippen LogP contribution in [0.2, 0.25) is 0 Å². The molecule has 10 heavy (non-hydrogen) atoms. The van der Waals surface area contributed by atoms with Crippen LogP contribution >= 0.6 is 0 Å². The number of nitrogens with zero attached hydrogens (tertiary/aromatic N) is 1. The molecule has 0 saturated carbocycles. The number of hydrogen-bond acceptors (Lipinski definition) is 0. The molecular formula is C9H20N+. The molecule has 2 atom stereocenters. The minimum absolute atomic E-state index is 0.926. The predicted octanol–water partition coefficient (Wildman–Crippen LogP) is 1.88. The fourth-order valence-electron chi connectivity index (χ4n) is 2.44. The van der Waals surface area contributed by atoms with Crippen molar-refractivity contribution in [3.05, 3.63) is 0 Å². The Balaban J connectivity index is 2.58. The molecule has 1 nitrogen and oxygen atoms in total. The Kier molecular flexibility index (Phi) is 2.04. The largest absolute Gasteiger partial charge is 0.326 e. The Bertz CT molecular complexity index is 118. The average Bonchev–Trinajstić information content (AvgIpc) is 2.04. The van der Waals surface area contributed by atoms with E-state index in [1.807, 2.05) is 0 Å². The number of hydrogen-bond donors (Lipinski definition) is 0. The van der Waals surface area contributed by atoms with Gasteiger partial charge in [-0.2, -0.15) is 0 Å². The second-order valence-electron chi connectivity index (χ2n) is 4.36. The smallest absolute Gasteiger partial charge is 0.0888 e. The van der Waals surface area contributed by atoms with Gasteiger partial charge in [0.05, 0.1) is 26.7 Å². The van der Waals surface area contributed by atoms with Crippen LogP contribution in [-0.2, 0) is 0 Å². The summed E-state index contributed by atoms with van der Waals surface area (Å²) in [6, 6.07) is 0.926. The highest BCUT2D eigenvalue weighted by atomic mass is 15.3. The van der Waals surface area contributed by atoms with Gasteiger partial charge in [0, 0.05) is 12.3 Å². The lowest BCUT2D eigenvalue weighted by Gasteiger charge is -2.30. The summed E-state index contributed by atoms with van der Waals surface area (Å²) in [5, 5.41) is 0. The lowest BCUT2D eigenvalue weighted by molar-refractivity contribution is -0.903. The van der Waals surface area contributed by atoms with Gasteiger partial charge in [0.25, 0.3) is 0 Å². The topological polar surface area (TPSA) is 0 Å². The molecule has 2 unspecified atom stereocenters. The fourth-order valence-corrected chi connectivity index (χ4v) is 2.44. The quantitative estimate of drug-likeness (QED) is 0.490. The van der Waals surface area contributed by atoms with E-state index in [1.54, 1.807) is 0 Å². The molecule has 0 bridgehead atoms. The number of rotatable bonds is 1. The van der Waals surface area contributed by atoms with Crippen molar-refractivity contribution in [1.29, 1.82) is 0 Å². The molecule has 60 valence electrons. The number of likely N-dealkylation sites (tertiary alicyclic amines) is 1. The molecule has 1 aliphatic rings. The van der Waals surface area contributed by atoms with Crippen LogP contribution in [0.4, 0.5) is 0 Å². The normalized spacial score (nSPS) is 38.4. The van der Waals surface area contributed by atoms with E-state index in [9.17, 15) is 0 Å². The molecule has 0 N–H and O–H groups in total. The Morgan fingerprint density at radius 3 is 2.20 bits per heavy atom. The Morgan fingerprint density at radius 2 is 2.00 bits per heavy atom. The van der Waals surface area contributed by atoms with Crippen molar-refractivity contribution in [2.45, 2.75) is 32.7 Å². The van der Waals surface area contributed by atoms with Gasteiger partial charge in [-0.05, 0) is 6.42 Å². The molecule has 1 saturated heterocycles. The summed E-state index contributed by atoms with van der Waals surface area (Å²) in [5.41, 5.74) is 0. The first-order chi connectivity index (χ1) is 4.56. The zero-order valence-electron chi connectivity index (χ0n) is 7.72. The van der Waals surface area contributed by atoms with Crippen LogP contribution < -0.4 is 0 Å². The van der Waals surface area contributed by atoms with Crippen molar-refractivity contribution in [2.24, 2.45) is 5.92 Å². The van der Waals surface area contributed by atoms with Crippen LogP contribution in [0, 0.1) is 5.92 Å². The lowest BCUT2D eigenvalue weighted by Crippen LogP contribution is -2.43. The van der Waals surface area contributed by atoms with Gasteiger partial charge in [-0.3, -0.25) is 0 Å². The first kappa shape index (κ1) is 8.06. The maximum Gasteiger partial charge on any atom is 0.0888 e. The van der Waals surface area contributed by atoms with Crippen molar-refractivity contribution < 1.29 is 4.48 Å². The Morgan fingerprint density at radius 1 is 1.40 bits per heavy atom. The van der Waals surface area contributed by atoms with Crippen LogP contribution in [-0.4, -0.2) is 31.2 Å². The molecule has 0 aliphatic carbocycles. The standard InChI is InChI=1S/C9H20N/c1-5-9-6-8(2)7-10(9,3)4/h8-9H,5-7H2,1-4H3/q+1. The number of quaternary nitrogens is 1. The van der Waals surface area contributed by atoms with E-state index < -0.39 is 0 Å². The molecule has 0 aromatic heterocycles. The van der Waals surface area contributed by atoms with Crippen molar-refractivity contribution in [1.82, 2.24) is 0 Å². The van der Waals surface area contributed by atoms with E-state index >= 15 is 0 Å². The molecule has 1 heteroatoms. The van der Waals surface area contributed by atoms with E-state index in [0.29, 0.717) is 0 Å². The highest BCUT2D eigenvalue weighted by molar-refractivity contribution is 4.69. The van der Waals surface area contributed by atoms with Gasteiger partial charge in [0.15, 0.2) is 0 Å². The molecular weight excluding hydrogens is 122 g/mol. The van der Waals surface area contributed by atoms with Gasteiger partial charge in [-0.1, -0.05) is 13.8 Å². The maximum atomic E-state index is 2.37. The monoisotopic (exact) mass is 142 g/mol. The molecule has 1 fully saturated rings. The second-order valence-corrected chi connectivity index (χ2v) is 4.36. The SMILES string of the molecule is CCC1CC(C)C[N+]1(C)C. The van der Waals surface area contributed by atoms with Gasteiger partial charge in [0.1, 0.15) is 0 Å². The van der Waals surface area contributed by atoms with Gasteiger partial charge >= 0.3 is 0 Å². The Hall–Kier alpha value is -0.0400. The molecule has 0 aromatic carbocycles. The minimum atomic E-state index is 0.926. The van der Waals surface area contributed by atoms with Crippen molar-refractivity contribution in [3.8, 4) is 0 Å². The highest BCUT2D eigenvalue weighted by Gasteiger charge is 2.36. The molecule has 0 amide bonds. The van der Waals surface area contributed by atoms with Gasteiger partial charge in [-0.15, -0.1) is 0 Å². The third-order valence-electron chi connectivity index (χ3n) is 2.92. The summed E-state index contributed by atoms with van der Waals surface area (Å²) in [5.74, 6) is 0.944. The van der Waals surface area contributed by atoms with Gasteiger partial charge in [-0.25, -0.2) is 0 Å². The zero-order valence-corrected chi connectivity index (χ0v) is 7.72. The van der Waals surface area contributed by atoms with Crippen molar-refractivity contribution in [3.63, 3.8) is 0 Å². The fraction of sp³-hybridized carbons (Fsp3) is 1.00. The lowest BCUT2D eigenvalue weighted by atomic mass is 10.1. The molecule has 1 heterocycles. The maximum absolute atomic E-state index is 2.37. The van der Waals surface area contributed by atoms with Gasteiger partial charge in [0.2, 0.25) is 0 Å². The summed E-state index contributed by atoms with van der Waals surface area (Å²) in [4.78, 5) is 0. The Labute approximate surface area is 64.6 Å². The van der Waals surface area contributed by atoms with Crippen LogP contribution in [0.15, 0.2) is 0 Å². The molecule has 1 rings (SSSR count). The van der Waals surface area contributed by atoms with E-state index in [1.165, 1.54) is 23.9 Å². The summed E-state index contributed by atoms with van der Waals surface area (Å²) in [6.07, 6.45) is 2.78. The van der Waals surface area contributed by atoms with E-state index in [2.05, 4.69) is 27.9 Å². The minimum Gasteiger partial charge on any atom is -0.326 e. The van der Waals surface area contributed by atoms with Crippen molar-refractivity contribution >= 4 is 0 Å². The van der Waals surface area contributed by atoms with E-state index in [0.717, 1.165) is 12.0 Å². The summed E-state index contributed by atoms with van der Waals surface area (Å²) in [7, 11) is 4.72. The van der Waals surface area contributed by atoms with Crippen LogP contribution in [0.3, 0.4) is 0 Å². The first-order valence-corrected chi connectivity index (χ1v) is 4.39. The van der Waals surface area contributed by atoms with Crippen LogP contribution in [0.1, 0.15) is 26.7 Å². The predicted molar refractivity (Wildman–Crippen MR) is 44.8 cm³/mol. The molecule has 0 spiro atoms. The third-order valence-corrected chi connectivity index (χ3v) is 2.92. The molecule has 0 radical (unpaired) electrons. The average molecular weight is 142 g/mol. The summed E-state index contributed by atoms with van der Waals surface area (Å²) >= 11 is 0. The van der Waals surface area contributed by atoms with E-state index in [-0.39, 0.29) is 0 Å². The van der Waals surface area contributed by atoms with Gasteiger partial charge < -0.3 is 4.48 Å². The third kappa shape index (κ3) is 1.34. The van der Waals surface area contributed by atoms with Crippen LogP contribution in [0.5, 0.6) is 0 Å². The summed E-state index contributed by atoms with van der Waals surface area (Å²) < 4.78 is 1.25. The summed E-state index contributed by atoms with van der Waals surface area (Å²) in [6.45, 7) is 6.05. The van der Waals surface area contributed by atoms with Crippen molar-refractivity contribution in [2.75, 3.05) is 20.6 Å². The first-order valence-electron chi connectivity index (χ1n) is 4.39.